The first-order valence-corrected chi connectivity index (χ1v) is 13.4. The van der Waals surface area contributed by atoms with Crippen LogP contribution in [0.2, 0.25) is 0 Å². The molecule has 0 aromatic carbocycles. The van der Waals surface area contributed by atoms with Crippen molar-refractivity contribution in [3.8, 4) is 0 Å². The van der Waals surface area contributed by atoms with Crippen LogP contribution in [0, 0.1) is 24.0 Å². The predicted molar refractivity (Wildman–Crippen MR) is 158 cm³/mol. The number of hydrogen-bond acceptors (Lipinski definition) is 6. The molecule has 0 fully saturated rings. The van der Waals surface area contributed by atoms with Crippen molar-refractivity contribution in [3.05, 3.63) is 85.1 Å². The number of methoxy groups -OCH3 is 2. The molecule has 2 atom stereocenters. The van der Waals surface area contributed by atoms with Gasteiger partial charge in [-0.3, -0.25) is 0 Å². The van der Waals surface area contributed by atoms with Crippen LogP contribution >= 0.6 is 0 Å². The van der Waals surface area contributed by atoms with Gasteiger partial charge in [0.1, 0.15) is 12.2 Å². The summed E-state index contributed by atoms with van der Waals surface area (Å²) in [6.07, 6.45) is 24.0. The van der Waals surface area contributed by atoms with E-state index in [0.29, 0.717) is 12.8 Å². The minimum absolute atomic E-state index is 0. The maximum absolute atomic E-state index is 10.3. The second kappa shape index (κ2) is 27.7. The van der Waals surface area contributed by atoms with Crippen molar-refractivity contribution >= 4 is 35.8 Å². The van der Waals surface area contributed by atoms with Crippen LogP contribution in [0.3, 0.4) is 0 Å². The van der Waals surface area contributed by atoms with Crippen LogP contribution < -0.4 is 10.2 Å². The van der Waals surface area contributed by atoms with Gasteiger partial charge in [0.2, 0.25) is 0 Å². The van der Waals surface area contributed by atoms with Gasteiger partial charge in [0.15, 0.2) is 0 Å². The number of allylic oxidation sites excluding steroid dienone is 6. The summed E-state index contributed by atoms with van der Waals surface area (Å²) in [7, 11) is 3.30. The maximum atomic E-state index is 10.3. The van der Waals surface area contributed by atoms with Crippen LogP contribution in [0.5, 0.6) is 0 Å². The Balaban J connectivity index is -0.000000439. The fourth-order valence-corrected chi connectivity index (χ4v) is 3.13. The third kappa shape index (κ3) is 23.7. The van der Waals surface area contributed by atoms with Gasteiger partial charge in [-0.05, 0) is 73.0 Å². The summed E-state index contributed by atoms with van der Waals surface area (Å²) in [6.45, 7) is 15.4. The summed E-state index contributed by atoms with van der Waals surface area (Å²) in [5.74, 6) is -2.23. The zero-order valence-corrected chi connectivity index (χ0v) is 27.6. The molecule has 2 aliphatic rings. The average Bonchev–Trinajstić information content (AvgIpc) is 2.91. The van der Waals surface area contributed by atoms with E-state index in [4.69, 9.17) is 9.47 Å². The first-order chi connectivity index (χ1) is 18.1. The van der Waals surface area contributed by atoms with Crippen molar-refractivity contribution < 1.29 is 29.3 Å². The number of unbranched alkanes of at least 4 members (excludes halogenated alkanes) is 2. The molecular formula is C32H48O6Sn. The van der Waals surface area contributed by atoms with E-state index in [1.807, 2.05) is 62.5 Å². The van der Waals surface area contributed by atoms with Gasteiger partial charge in [-0.2, -0.15) is 0 Å². The fraction of sp³-hybridized carbons (Fsp3) is 0.500. The minimum Gasteiger partial charge on any atom is -0.550 e. The van der Waals surface area contributed by atoms with E-state index < -0.39 is 11.9 Å². The van der Waals surface area contributed by atoms with Gasteiger partial charge >= 0.3 is 23.9 Å². The number of aliphatic carboxylic acids is 2. The van der Waals surface area contributed by atoms with Gasteiger partial charge in [0.25, 0.3) is 0 Å². The van der Waals surface area contributed by atoms with Crippen LogP contribution in [0.4, 0.5) is 0 Å². The molecule has 7 heteroatoms. The van der Waals surface area contributed by atoms with Crippen molar-refractivity contribution in [2.75, 3.05) is 14.2 Å². The standard InChI is InChI=1S/2C8H16O2.2C8H9O.Sn/c2*1-3-5-6-7(4-2)8(9)10;2*1-7-3-5-8(9-2)6-4-7;/h2*7H,3-6H2,1-2H3,(H,9,10);2*3-6H,1H2,2H3;/q;;;;+2/p-2. The molecule has 2 aliphatic carbocycles. The number of carbonyl (C=O) groups excluding carboxylic acids is 2. The zero-order chi connectivity index (χ0) is 29.3. The summed E-state index contributed by atoms with van der Waals surface area (Å²) in [6, 6.07) is 0. The van der Waals surface area contributed by atoms with Crippen molar-refractivity contribution in [3.63, 3.8) is 0 Å². The summed E-state index contributed by atoms with van der Waals surface area (Å²) < 4.78 is 9.88. The Kier molecular flexibility index (Phi) is 29.5. The van der Waals surface area contributed by atoms with Crippen molar-refractivity contribution in [1.29, 1.82) is 0 Å². The second-order valence-corrected chi connectivity index (χ2v) is 8.83. The van der Waals surface area contributed by atoms with Crippen LogP contribution in [-0.2, 0) is 19.1 Å². The minimum atomic E-state index is -0.893. The molecule has 4 radical (unpaired) electrons. The third-order valence-electron chi connectivity index (χ3n) is 5.78. The van der Waals surface area contributed by atoms with E-state index in [0.717, 1.165) is 61.9 Å². The Bertz CT molecular complexity index is 698. The average molecular weight is 647 g/mol. The van der Waals surface area contributed by atoms with E-state index in [9.17, 15) is 19.8 Å². The van der Waals surface area contributed by atoms with Crippen LogP contribution in [0.1, 0.15) is 79.1 Å². The Morgan fingerprint density at radius 1 is 0.667 bits per heavy atom. The van der Waals surface area contributed by atoms with Crippen LogP contribution in [-0.4, -0.2) is 50.1 Å². The van der Waals surface area contributed by atoms with Crippen LogP contribution in [0.25, 0.3) is 0 Å². The Hall–Kier alpha value is -1.90. The molecule has 0 N–H and O–H groups in total. The van der Waals surface area contributed by atoms with E-state index in [-0.39, 0.29) is 35.7 Å². The maximum Gasteiger partial charge on any atom is 2.00 e. The monoisotopic (exact) mass is 648 g/mol. The van der Waals surface area contributed by atoms with Gasteiger partial charge in [-0.25, -0.2) is 0 Å². The summed E-state index contributed by atoms with van der Waals surface area (Å²) in [4.78, 5) is 20.7. The topological polar surface area (TPSA) is 98.7 Å². The molecule has 0 aliphatic heterocycles. The number of carboxylic acid groups (broad SMARTS) is 2. The molecular weight excluding hydrogens is 599 g/mol. The first-order valence-electron chi connectivity index (χ1n) is 13.4. The third-order valence-corrected chi connectivity index (χ3v) is 5.78. The molecule has 39 heavy (non-hydrogen) atoms. The molecule has 0 spiro atoms. The van der Waals surface area contributed by atoms with Crippen molar-refractivity contribution in [2.45, 2.75) is 79.1 Å². The van der Waals surface area contributed by atoms with Gasteiger partial charge in [-0.1, -0.05) is 90.8 Å². The largest absolute Gasteiger partial charge is 2.00 e. The number of hydrogen-bond donors (Lipinski definition) is 0. The molecule has 2 rings (SSSR count). The number of carboxylic acids is 2. The summed E-state index contributed by atoms with van der Waals surface area (Å²) >= 11 is 0. The molecule has 0 bridgehead atoms. The van der Waals surface area contributed by atoms with Crippen molar-refractivity contribution in [1.82, 2.24) is 0 Å². The number of ether oxygens (including phenoxy) is 2. The fourth-order valence-electron chi connectivity index (χ4n) is 3.13. The predicted octanol–water partition coefficient (Wildman–Crippen LogP) is 5.22. The molecule has 0 amide bonds. The quantitative estimate of drug-likeness (QED) is 0.270. The molecule has 6 nitrogen and oxygen atoms in total. The Morgan fingerprint density at radius 2 is 0.949 bits per heavy atom. The van der Waals surface area contributed by atoms with E-state index in [1.54, 1.807) is 14.2 Å². The van der Waals surface area contributed by atoms with E-state index in [1.165, 1.54) is 0 Å². The smallest absolute Gasteiger partial charge is 0.550 e. The molecule has 0 saturated carbocycles. The second-order valence-electron chi connectivity index (χ2n) is 8.83. The molecule has 2 unspecified atom stereocenters. The normalized spacial score (nSPS) is 15.4. The van der Waals surface area contributed by atoms with E-state index in [2.05, 4.69) is 27.0 Å². The van der Waals surface area contributed by atoms with Gasteiger partial charge in [0, 0.05) is 26.2 Å². The van der Waals surface area contributed by atoms with E-state index >= 15 is 0 Å². The molecule has 0 aromatic heterocycles. The zero-order valence-electron chi connectivity index (χ0n) is 24.8. The number of carbonyl (C=O) groups is 2. The SMILES string of the molecule is C=C1C=C[C](OC)C=C1.C=C1C=C[C](OC)C=C1.CCCCC(CC)C(=O)[O-].CCCCC(CC)C(=O)[O-].[Sn+2]. The Labute approximate surface area is 254 Å². The van der Waals surface area contributed by atoms with Gasteiger partial charge in [0.05, 0.1) is 0 Å². The van der Waals surface area contributed by atoms with Crippen LogP contribution in [0.15, 0.2) is 72.9 Å². The van der Waals surface area contributed by atoms with Gasteiger partial charge < -0.3 is 29.3 Å². The first kappa shape index (κ1) is 41.6. The Morgan fingerprint density at radius 3 is 1.13 bits per heavy atom. The molecule has 0 heterocycles. The molecule has 0 saturated heterocycles. The summed E-state index contributed by atoms with van der Waals surface area (Å²) in [5.41, 5.74) is 2.02. The molecule has 0 aromatic rings. The van der Waals surface area contributed by atoms with Crippen molar-refractivity contribution in [2.24, 2.45) is 11.8 Å². The molecule has 216 valence electrons. The number of rotatable bonds is 12. The summed E-state index contributed by atoms with van der Waals surface area (Å²) in [5, 5.41) is 20.7. The van der Waals surface area contributed by atoms with Gasteiger partial charge in [-0.15, -0.1) is 0 Å².